The maximum absolute atomic E-state index is 13.2. The lowest BCUT2D eigenvalue weighted by atomic mass is 9.95. The Labute approximate surface area is 162 Å². The summed E-state index contributed by atoms with van der Waals surface area (Å²) < 4.78 is 2.35. The van der Waals surface area contributed by atoms with Gasteiger partial charge in [0, 0.05) is 30.2 Å². The summed E-state index contributed by atoms with van der Waals surface area (Å²) in [6, 6.07) is -0.212. The van der Waals surface area contributed by atoms with Crippen molar-refractivity contribution in [1.82, 2.24) is 19.8 Å². The summed E-state index contributed by atoms with van der Waals surface area (Å²) in [4.78, 5) is 37.2. The topological polar surface area (TPSA) is 126 Å². The molecular formula is C19H26N4O5. The molecule has 0 bridgehead atoms. The number of nitrogens with zero attached hydrogens (tertiary/aromatic N) is 2. The van der Waals surface area contributed by atoms with E-state index in [1.54, 1.807) is 6.20 Å². The Balaban J connectivity index is 2.19. The Kier molecular flexibility index (Phi) is 5.91. The molecule has 2 aliphatic rings. The average molecular weight is 390 g/mol. The molecule has 0 atom stereocenters. The number of allylic oxidation sites excluding steroid dienone is 1. The summed E-state index contributed by atoms with van der Waals surface area (Å²) in [6.07, 6.45) is 7.38. The number of aromatic hydroxyl groups is 1. The van der Waals surface area contributed by atoms with Gasteiger partial charge in [-0.3, -0.25) is 14.2 Å². The first-order valence-electron chi connectivity index (χ1n) is 9.60. The van der Waals surface area contributed by atoms with Gasteiger partial charge in [-0.15, -0.1) is 0 Å². The van der Waals surface area contributed by atoms with Gasteiger partial charge in [0.05, 0.1) is 0 Å². The molecular weight excluding hydrogens is 364 g/mol. The highest BCUT2D eigenvalue weighted by Crippen LogP contribution is 2.31. The van der Waals surface area contributed by atoms with Crippen molar-refractivity contribution < 1.29 is 15.0 Å². The van der Waals surface area contributed by atoms with Gasteiger partial charge < -0.3 is 20.8 Å². The van der Waals surface area contributed by atoms with Gasteiger partial charge in [0.15, 0.2) is 0 Å². The van der Waals surface area contributed by atoms with Crippen molar-refractivity contribution >= 4 is 17.4 Å². The van der Waals surface area contributed by atoms with Crippen LogP contribution in [0.25, 0.3) is 11.4 Å². The smallest absolute Gasteiger partial charge is 0.338 e. The Morgan fingerprint density at radius 2 is 1.96 bits per heavy atom. The van der Waals surface area contributed by atoms with Crippen LogP contribution in [0.5, 0.6) is 5.88 Å². The number of rotatable bonds is 6. The predicted molar refractivity (Wildman–Crippen MR) is 105 cm³/mol. The summed E-state index contributed by atoms with van der Waals surface area (Å²) in [5, 5.41) is 25.3. The fourth-order valence-corrected chi connectivity index (χ4v) is 3.88. The van der Waals surface area contributed by atoms with Gasteiger partial charge in [0.1, 0.15) is 12.1 Å². The Hall–Kier alpha value is -2.97. The number of carboxylic acids is 1. The Morgan fingerprint density at radius 3 is 2.57 bits per heavy atom. The maximum Gasteiger partial charge on any atom is 0.338 e. The molecule has 1 aliphatic carbocycles. The fraction of sp³-hybridized carbons (Fsp3) is 0.526. The third kappa shape index (κ3) is 3.83. The second-order valence-electron chi connectivity index (χ2n) is 7.20. The standard InChI is InChI=1S/C19H26N4O5/c1-12(21-11-15(24)25)16-17(26)22(13-6-3-2-4-7-13)19(28)23(18(16)27)14-8-5-9-20-10-14/h10,13,20-21,26H,1-9,11H2,(H,24,25). The lowest BCUT2D eigenvalue weighted by molar-refractivity contribution is -0.135. The molecule has 1 fully saturated rings. The second-order valence-corrected chi connectivity index (χ2v) is 7.20. The van der Waals surface area contributed by atoms with Gasteiger partial charge in [-0.1, -0.05) is 25.8 Å². The number of aromatic nitrogens is 2. The van der Waals surface area contributed by atoms with Crippen LogP contribution in [0.3, 0.4) is 0 Å². The van der Waals surface area contributed by atoms with E-state index in [0.29, 0.717) is 12.1 Å². The van der Waals surface area contributed by atoms with E-state index in [1.165, 1.54) is 4.57 Å². The highest BCUT2D eigenvalue weighted by molar-refractivity contribution is 5.74. The van der Waals surface area contributed by atoms with Crippen molar-refractivity contribution in [2.75, 3.05) is 13.1 Å². The van der Waals surface area contributed by atoms with Crippen LogP contribution in [0, 0.1) is 0 Å². The number of hydrogen-bond acceptors (Lipinski definition) is 6. The largest absolute Gasteiger partial charge is 0.494 e. The first kappa shape index (κ1) is 19.8. The summed E-state index contributed by atoms with van der Waals surface area (Å²) in [5.74, 6) is -1.58. The molecule has 1 saturated carbocycles. The van der Waals surface area contributed by atoms with Gasteiger partial charge in [-0.25, -0.2) is 9.36 Å². The van der Waals surface area contributed by atoms with Crippen LogP contribution in [-0.2, 0) is 4.79 Å². The van der Waals surface area contributed by atoms with Gasteiger partial charge in [0.25, 0.3) is 5.56 Å². The summed E-state index contributed by atoms with van der Waals surface area (Å²) >= 11 is 0. The molecule has 0 aromatic carbocycles. The summed E-state index contributed by atoms with van der Waals surface area (Å²) in [7, 11) is 0. The third-order valence-electron chi connectivity index (χ3n) is 5.27. The zero-order chi connectivity index (χ0) is 20.3. The third-order valence-corrected chi connectivity index (χ3v) is 5.27. The van der Waals surface area contributed by atoms with E-state index in [9.17, 15) is 19.5 Å². The van der Waals surface area contributed by atoms with Gasteiger partial charge in [0.2, 0.25) is 5.88 Å². The van der Waals surface area contributed by atoms with Crippen LogP contribution in [0.1, 0.15) is 56.6 Å². The molecule has 3 rings (SSSR count). The van der Waals surface area contributed by atoms with Crippen molar-refractivity contribution in [2.45, 2.75) is 51.0 Å². The number of aliphatic carboxylic acids is 1. The molecule has 0 saturated heterocycles. The van der Waals surface area contributed by atoms with Crippen LogP contribution >= 0.6 is 0 Å². The molecule has 0 amide bonds. The number of nitrogens with one attached hydrogen (secondary N) is 2. The lowest BCUT2D eigenvalue weighted by Gasteiger charge is -2.27. The van der Waals surface area contributed by atoms with Gasteiger partial charge in [-0.05, 0) is 25.7 Å². The normalized spacial score (nSPS) is 17.5. The van der Waals surface area contributed by atoms with Crippen LogP contribution in [0.4, 0.5) is 0 Å². The molecule has 1 aromatic heterocycles. The van der Waals surface area contributed by atoms with Gasteiger partial charge >= 0.3 is 11.7 Å². The Bertz CT molecular complexity index is 921. The minimum Gasteiger partial charge on any atom is -0.494 e. The summed E-state index contributed by atoms with van der Waals surface area (Å²) in [6.45, 7) is 4.03. The molecule has 2 heterocycles. The molecule has 0 unspecified atom stereocenters. The molecule has 152 valence electrons. The minimum absolute atomic E-state index is 0.0208. The van der Waals surface area contributed by atoms with Crippen molar-refractivity contribution in [2.24, 2.45) is 0 Å². The van der Waals surface area contributed by atoms with E-state index < -0.39 is 29.6 Å². The van der Waals surface area contributed by atoms with E-state index in [1.807, 2.05) is 0 Å². The summed E-state index contributed by atoms with van der Waals surface area (Å²) in [5.41, 5.74) is -0.935. The highest BCUT2D eigenvalue weighted by atomic mass is 16.4. The number of hydrogen-bond donors (Lipinski definition) is 4. The predicted octanol–water partition coefficient (Wildman–Crippen LogP) is 1.05. The van der Waals surface area contributed by atoms with E-state index in [0.717, 1.165) is 49.6 Å². The highest BCUT2D eigenvalue weighted by Gasteiger charge is 2.28. The molecule has 9 nitrogen and oxygen atoms in total. The monoisotopic (exact) mass is 390 g/mol. The average Bonchev–Trinajstić information content (AvgIpc) is 2.68. The fourth-order valence-electron chi connectivity index (χ4n) is 3.88. The van der Waals surface area contributed by atoms with Crippen LogP contribution in [0.15, 0.2) is 22.4 Å². The van der Waals surface area contributed by atoms with E-state index >= 15 is 0 Å². The van der Waals surface area contributed by atoms with Crippen LogP contribution < -0.4 is 21.9 Å². The van der Waals surface area contributed by atoms with Crippen molar-refractivity contribution in [3.63, 3.8) is 0 Å². The molecule has 1 aliphatic heterocycles. The van der Waals surface area contributed by atoms with Crippen molar-refractivity contribution in [1.29, 1.82) is 0 Å². The quantitative estimate of drug-likeness (QED) is 0.572. The molecule has 1 aromatic rings. The zero-order valence-corrected chi connectivity index (χ0v) is 15.7. The molecule has 4 N–H and O–H groups in total. The number of carbonyl (C=O) groups is 1. The lowest BCUT2D eigenvalue weighted by Crippen LogP contribution is -2.44. The first-order chi connectivity index (χ1) is 13.4. The van der Waals surface area contributed by atoms with Crippen LogP contribution in [0.2, 0.25) is 0 Å². The van der Waals surface area contributed by atoms with E-state index in [2.05, 4.69) is 17.2 Å². The maximum atomic E-state index is 13.2. The van der Waals surface area contributed by atoms with E-state index in [4.69, 9.17) is 5.11 Å². The molecule has 0 spiro atoms. The van der Waals surface area contributed by atoms with Gasteiger partial charge in [-0.2, -0.15) is 0 Å². The van der Waals surface area contributed by atoms with Crippen molar-refractivity contribution in [3.8, 4) is 5.88 Å². The SMILES string of the molecule is C=C(NCC(=O)O)c1c(O)n(C2CCCCC2)c(=O)n(C2=CNCCC2)c1=O. The zero-order valence-electron chi connectivity index (χ0n) is 15.7. The first-order valence-corrected chi connectivity index (χ1v) is 9.60. The minimum atomic E-state index is -1.12. The molecule has 0 radical (unpaired) electrons. The second kappa shape index (κ2) is 8.37. The molecule has 9 heteroatoms. The van der Waals surface area contributed by atoms with E-state index in [-0.39, 0.29) is 17.3 Å². The van der Waals surface area contributed by atoms with Crippen molar-refractivity contribution in [3.05, 3.63) is 39.2 Å². The van der Waals surface area contributed by atoms with Crippen LogP contribution in [-0.4, -0.2) is 38.4 Å². The number of carboxylic acid groups (broad SMARTS) is 1. The Morgan fingerprint density at radius 1 is 1.25 bits per heavy atom. The molecule has 28 heavy (non-hydrogen) atoms.